The number of hydrogen-bond acceptors (Lipinski definition) is 4. The van der Waals surface area contributed by atoms with Crippen LogP contribution in [0, 0.1) is 6.92 Å². The van der Waals surface area contributed by atoms with Crippen LogP contribution in [0.4, 0.5) is 4.79 Å². The summed E-state index contributed by atoms with van der Waals surface area (Å²) in [6.45, 7) is 2.62. The number of rotatable bonds is 6. The SMILES string of the molecule is Cc1cccc(CN2C(=O)S/C(=C/c3cc(Br)c(OCc4ccc(Cl)cc4)c(Br)c3)C2=O)c1. The van der Waals surface area contributed by atoms with Gasteiger partial charge in [-0.05, 0) is 97.6 Å². The molecule has 0 N–H and O–H groups in total. The van der Waals surface area contributed by atoms with Gasteiger partial charge in [0.2, 0.25) is 0 Å². The molecule has 2 amide bonds. The van der Waals surface area contributed by atoms with Crippen LogP contribution in [-0.2, 0) is 17.9 Å². The first-order chi connectivity index (χ1) is 15.8. The van der Waals surface area contributed by atoms with Gasteiger partial charge in [-0.1, -0.05) is 53.6 Å². The Morgan fingerprint density at radius 2 is 1.70 bits per heavy atom. The third-order valence-corrected chi connectivity index (χ3v) is 7.25. The van der Waals surface area contributed by atoms with E-state index in [-0.39, 0.29) is 17.7 Å². The van der Waals surface area contributed by atoms with Crippen LogP contribution in [0.2, 0.25) is 5.02 Å². The van der Waals surface area contributed by atoms with Crippen molar-refractivity contribution in [1.82, 2.24) is 4.90 Å². The average Bonchev–Trinajstić information content (AvgIpc) is 3.02. The Bertz CT molecular complexity index is 1240. The zero-order valence-corrected chi connectivity index (χ0v) is 22.2. The molecule has 1 fully saturated rings. The Hall–Kier alpha value is -2.06. The second kappa shape index (κ2) is 10.5. The normalized spacial score (nSPS) is 14.9. The molecule has 0 atom stereocenters. The first kappa shape index (κ1) is 24.1. The van der Waals surface area contributed by atoms with Crippen molar-refractivity contribution >= 4 is 72.4 Å². The second-order valence-electron chi connectivity index (χ2n) is 7.49. The van der Waals surface area contributed by atoms with E-state index in [1.54, 1.807) is 6.08 Å². The zero-order valence-electron chi connectivity index (χ0n) is 17.5. The lowest BCUT2D eigenvalue weighted by atomic mass is 10.1. The van der Waals surface area contributed by atoms with E-state index >= 15 is 0 Å². The molecule has 0 radical (unpaired) electrons. The topological polar surface area (TPSA) is 46.6 Å². The van der Waals surface area contributed by atoms with E-state index in [9.17, 15) is 9.59 Å². The highest BCUT2D eigenvalue weighted by Gasteiger charge is 2.35. The number of nitrogens with zero attached hydrogens (tertiary/aromatic N) is 1. The van der Waals surface area contributed by atoms with E-state index < -0.39 is 0 Å². The van der Waals surface area contributed by atoms with Crippen LogP contribution in [0.15, 0.2) is 74.5 Å². The van der Waals surface area contributed by atoms with Gasteiger partial charge in [-0.25, -0.2) is 0 Å². The fraction of sp³-hybridized carbons (Fsp3) is 0.120. The molecule has 4 rings (SSSR count). The van der Waals surface area contributed by atoms with E-state index in [0.717, 1.165) is 43.0 Å². The first-order valence-corrected chi connectivity index (χ1v) is 12.8. The highest BCUT2D eigenvalue weighted by atomic mass is 79.9. The van der Waals surface area contributed by atoms with Gasteiger partial charge < -0.3 is 4.74 Å². The van der Waals surface area contributed by atoms with Crippen molar-refractivity contribution in [1.29, 1.82) is 0 Å². The molecule has 0 unspecified atom stereocenters. The molecule has 0 spiro atoms. The maximum Gasteiger partial charge on any atom is 0.293 e. The summed E-state index contributed by atoms with van der Waals surface area (Å²) in [6, 6.07) is 19.0. The Labute approximate surface area is 218 Å². The van der Waals surface area contributed by atoms with Crippen molar-refractivity contribution in [3.05, 3.63) is 102 Å². The van der Waals surface area contributed by atoms with Crippen molar-refractivity contribution in [2.24, 2.45) is 0 Å². The number of imide groups is 1. The number of carbonyl (C=O) groups excluding carboxylic acids is 2. The second-order valence-corrected chi connectivity index (χ2v) is 10.6. The standard InChI is InChI=1S/C25H18Br2ClNO3S/c1-15-3-2-4-17(9-15)13-29-24(30)22(33-25(29)31)12-18-10-20(26)23(21(27)11-18)32-14-16-5-7-19(28)8-6-16/h2-12H,13-14H2,1H3/b22-12+. The summed E-state index contributed by atoms with van der Waals surface area (Å²) in [5, 5.41) is 0.405. The molecule has 1 heterocycles. The van der Waals surface area contributed by atoms with Gasteiger partial charge in [-0.15, -0.1) is 0 Å². The Morgan fingerprint density at radius 3 is 2.36 bits per heavy atom. The molecular weight excluding hydrogens is 590 g/mol. The zero-order chi connectivity index (χ0) is 23.5. The van der Waals surface area contributed by atoms with Crippen molar-refractivity contribution in [3.63, 3.8) is 0 Å². The summed E-state index contributed by atoms with van der Waals surface area (Å²) < 4.78 is 7.42. The van der Waals surface area contributed by atoms with Crippen LogP contribution in [0.25, 0.3) is 6.08 Å². The van der Waals surface area contributed by atoms with E-state index in [0.29, 0.717) is 22.3 Å². The van der Waals surface area contributed by atoms with Crippen LogP contribution in [-0.4, -0.2) is 16.0 Å². The summed E-state index contributed by atoms with van der Waals surface area (Å²) in [6.07, 6.45) is 1.72. The maximum atomic E-state index is 12.9. The molecule has 4 nitrogen and oxygen atoms in total. The van der Waals surface area contributed by atoms with Crippen LogP contribution in [0.5, 0.6) is 5.75 Å². The summed E-state index contributed by atoms with van der Waals surface area (Å²) >= 11 is 14.0. The average molecular weight is 608 g/mol. The predicted molar refractivity (Wildman–Crippen MR) is 140 cm³/mol. The molecule has 0 bridgehead atoms. The van der Waals surface area contributed by atoms with Gasteiger partial charge in [0.05, 0.1) is 20.4 Å². The number of thioether (sulfide) groups is 1. The van der Waals surface area contributed by atoms with Gasteiger partial charge in [-0.2, -0.15) is 0 Å². The summed E-state index contributed by atoms with van der Waals surface area (Å²) in [5.41, 5.74) is 3.77. The number of amides is 2. The highest BCUT2D eigenvalue weighted by molar-refractivity contribution is 9.11. The summed E-state index contributed by atoms with van der Waals surface area (Å²) in [4.78, 5) is 27.0. The van der Waals surface area contributed by atoms with Gasteiger partial charge in [0.1, 0.15) is 12.4 Å². The van der Waals surface area contributed by atoms with Crippen LogP contribution >= 0.6 is 55.2 Å². The Kier molecular flexibility index (Phi) is 7.64. The van der Waals surface area contributed by atoms with Crippen LogP contribution in [0.3, 0.4) is 0 Å². The lowest BCUT2D eigenvalue weighted by Gasteiger charge is -2.13. The van der Waals surface area contributed by atoms with Gasteiger partial charge >= 0.3 is 0 Å². The van der Waals surface area contributed by atoms with Crippen LogP contribution < -0.4 is 4.74 Å². The maximum absolute atomic E-state index is 12.9. The third-order valence-electron chi connectivity index (χ3n) is 4.91. The molecule has 1 saturated heterocycles. The van der Waals surface area contributed by atoms with Gasteiger partial charge in [0.15, 0.2) is 0 Å². The molecule has 3 aromatic rings. The van der Waals surface area contributed by atoms with Gasteiger partial charge in [0, 0.05) is 5.02 Å². The lowest BCUT2D eigenvalue weighted by Crippen LogP contribution is -2.27. The molecule has 33 heavy (non-hydrogen) atoms. The number of hydrogen-bond donors (Lipinski definition) is 0. The molecule has 168 valence electrons. The quantitative estimate of drug-likeness (QED) is 0.267. The Balaban J connectivity index is 1.49. The largest absolute Gasteiger partial charge is 0.487 e. The van der Waals surface area contributed by atoms with Crippen molar-refractivity contribution in [2.75, 3.05) is 0 Å². The number of halogens is 3. The van der Waals surface area contributed by atoms with Crippen molar-refractivity contribution < 1.29 is 14.3 Å². The molecule has 3 aromatic carbocycles. The minimum Gasteiger partial charge on any atom is -0.487 e. The summed E-state index contributed by atoms with van der Waals surface area (Å²) in [5.74, 6) is 0.358. The van der Waals surface area contributed by atoms with Crippen molar-refractivity contribution in [2.45, 2.75) is 20.1 Å². The predicted octanol–water partition coefficient (Wildman–Crippen LogP) is 7.99. The van der Waals surface area contributed by atoms with Crippen molar-refractivity contribution in [3.8, 4) is 5.75 Å². The number of ether oxygens (including phenoxy) is 1. The number of carbonyl (C=O) groups is 2. The molecule has 0 aromatic heterocycles. The smallest absolute Gasteiger partial charge is 0.293 e. The third kappa shape index (κ3) is 5.90. The van der Waals surface area contributed by atoms with Gasteiger partial charge in [-0.3, -0.25) is 14.5 Å². The summed E-state index contributed by atoms with van der Waals surface area (Å²) in [7, 11) is 0. The molecular formula is C25H18Br2ClNO3S. The van der Waals surface area contributed by atoms with E-state index in [4.69, 9.17) is 16.3 Å². The minimum absolute atomic E-state index is 0.258. The fourth-order valence-corrected chi connectivity index (χ4v) is 5.73. The highest BCUT2D eigenvalue weighted by Crippen LogP contribution is 2.38. The Morgan fingerprint density at radius 1 is 1.00 bits per heavy atom. The molecule has 0 aliphatic carbocycles. The van der Waals surface area contributed by atoms with E-state index in [1.165, 1.54) is 4.90 Å². The van der Waals surface area contributed by atoms with Crippen LogP contribution in [0.1, 0.15) is 22.3 Å². The lowest BCUT2D eigenvalue weighted by molar-refractivity contribution is -0.123. The fourth-order valence-electron chi connectivity index (χ4n) is 3.32. The molecule has 1 aliphatic heterocycles. The minimum atomic E-state index is -0.290. The number of aryl methyl sites for hydroxylation is 1. The van der Waals surface area contributed by atoms with E-state index in [1.807, 2.05) is 67.6 Å². The first-order valence-electron chi connectivity index (χ1n) is 9.97. The number of benzene rings is 3. The molecule has 1 aliphatic rings. The van der Waals surface area contributed by atoms with E-state index in [2.05, 4.69) is 31.9 Å². The molecule has 0 saturated carbocycles. The van der Waals surface area contributed by atoms with Gasteiger partial charge in [0.25, 0.3) is 11.1 Å². The monoisotopic (exact) mass is 605 g/mol. The molecule has 8 heteroatoms.